The van der Waals surface area contributed by atoms with Gasteiger partial charge in [0.1, 0.15) is 5.56 Å². The first kappa shape index (κ1) is 18.5. The standard InChI is InChI=1S/C10H9NO4.C9H9NO2/c12-8-3-1-2-7-5(8)4-6(10(14)15)9(13)11-7;11-8-3-1-2-7-6(8)4-5-9(12)10-7/h4H,1-3H2,(H,11,13)(H,14,15);4-5H,1-3H2,(H,10,12). The summed E-state index contributed by atoms with van der Waals surface area (Å²) in [5.41, 5.74) is 1.27. The van der Waals surface area contributed by atoms with E-state index in [4.69, 9.17) is 5.11 Å². The Hall–Kier alpha value is -3.29. The topological polar surface area (TPSA) is 137 Å². The number of carbonyl (C=O) groups excluding carboxylic acids is 2. The van der Waals surface area contributed by atoms with Crippen molar-refractivity contribution in [2.24, 2.45) is 0 Å². The second-order valence-corrected chi connectivity index (χ2v) is 6.48. The van der Waals surface area contributed by atoms with Gasteiger partial charge in [-0.1, -0.05) is 0 Å². The minimum absolute atomic E-state index is 0.102. The van der Waals surface area contributed by atoms with Crippen molar-refractivity contribution in [3.63, 3.8) is 0 Å². The molecule has 8 nitrogen and oxygen atoms in total. The number of ketones is 2. The second kappa shape index (κ2) is 7.53. The molecule has 0 unspecified atom stereocenters. The van der Waals surface area contributed by atoms with E-state index in [2.05, 4.69) is 9.97 Å². The lowest BCUT2D eigenvalue weighted by Crippen LogP contribution is -2.24. The van der Waals surface area contributed by atoms with Crippen LogP contribution in [-0.4, -0.2) is 32.6 Å². The highest BCUT2D eigenvalue weighted by atomic mass is 16.4. The molecule has 2 heterocycles. The predicted molar refractivity (Wildman–Crippen MR) is 95.6 cm³/mol. The maximum absolute atomic E-state index is 11.5. The van der Waals surface area contributed by atoms with E-state index in [1.54, 1.807) is 6.07 Å². The van der Waals surface area contributed by atoms with Crippen LogP contribution in [0.2, 0.25) is 0 Å². The van der Waals surface area contributed by atoms with Gasteiger partial charge in [0.2, 0.25) is 5.56 Å². The van der Waals surface area contributed by atoms with Gasteiger partial charge in [0.15, 0.2) is 11.6 Å². The molecule has 2 aliphatic rings. The molecule has 0 fully saturated rings. The van der Waals surface area contributed by atoms with Crippen LogP contribution in [0.5, 0.6) is 0 Å². The molecule has 0 bridgehead atoms. The van der Waals surface area contributed by atoms with E-state index < -0.39 is 11.5 Å². The van der Waals surface area contributed by atoms with Crippen molar-refractivity contribution in [3.8, 4) is 0 Å². The second-order valence-electron chi connectivity index (χ2n) is 6.48. The van der Waals surface area contributed by atoms with Crippen LogP contribution in [0.1, 0.15) is 68.1 Å². The van der Waals surface area contributed by atoms with E-state index in [0.29, 0.717) is 42.5 Å². The molecule has 140 valence electrons. The molecule has 0 saturated heterocycles. The Morgan fingerprint density at radius 2 is 1.41 bits per heavy atom. The molecule has 3 N–H and O–H groups in total. The van der Waals surface area contributed by atoms with Crippen molar-refractivity contribution >= 4 is 17.5 Å². The summed E-state index contributed by atoms with van der Waals surface area (Å²) in [7, 11) is 0. The molecule has 4 rings (SSSR count). The number of nitrogens with one attached hydrogen (secondary N) is 2. The minimum atomic E-state index is -1.31. The zero-order valence-electron chi connectivity index (χ0n) is 14.5. The number of aromatic nitrogens is 2. The molecule has 0 radical (unpaired) electrons. The molecule has 0 atom stereocenters. The minimum Gasteiger partial charge on any atom is -0.477 e. The van der Waals surface area contributed by atoms with Gasteiger partial charge in [-0.3, -0.25) is 19.2 Å². The third kappa shape index (κ3) is 3.94. The number of hydrogen-bond acceptors (Lipinski definition) is 5. The van der Waals surface area contributed by atoms with Crippen LogP contribution in [0.15, 0.2) is 27.8 Å². The number of fused-ring (bicyclic) bond motifs is 2. The SMILES string of the molecule is O=C1CCCc2[nH]c(=O)c(C(=O)O)cc21.O=C1CCCc2[nH]c(=O)ccc21. The van der Waals surface area contributed by atoms with E-state index in [1.807, 2.05) is 0 Å². The Balaban J connectivity index is 0.000000159. The summed E-state index contributed by atoms with van der Waals surface area (Å²) in [5, 5.41) is 8.72. The van der Waals surface area contributed by atoms with Crippen LogP contribution in [-0.2, 0) is 12.8 Å². The van der Waals surface area contributed by atoms with Crippen molar-refractivity contribution in [2.45, 2.75) is 38.5 Å². The summed E-state index contributed by atoms with van der Waals surface area (Å²) in [5.74, 6) is -1.26. The van der Waals surface area contributed by atoms with Crippen LogP contribution >= 0.6 is 0 Å². The predicted octanol–water partition coefficient (Wildman–Crippen LogP) is 1.49. The molecule has 0 aromatic carbocycles. The van der Waals surface area contributed by atoms with E-state index in [0.717, 1.165) is 18.5 Å². The van der Waals surface area contributed by atoms with Gasteiger partial charge in [0, 0.05) is 41.4 Å². The molecule has 2 aromatic heterocycles. The molecule has 0 spiro atoms. The summed E-state index contributed by atoms with van der Waals surface area (Å²) < 4.78 is 0. The fourth-order valence-electron chi connectivity index (χ4n) is 3.27. The van der Waals surface area contributed by atoms with Crippen molar-refractivity contribution in [1.82, 2.24) is 9.97 Å². The number of aromatic carboxylic acids is 1. The maximum atomic E-state index is 11.5. The number of H-pyrrole nitrogens is 2. The van der Waals surface area contributed by atoms with Crippen LogP contribution in [0.3, 0.4) is 0 Å². The number of hydrogen-bond donors (Lipinski definition) is 3. The molecule has 2 aliphatic carbocycles. The Morgan fingerprint density at radius 3 is 2.04 bits per heavy atom. The lowest BCUT2D eigenvalue weighted by atomic mass is 9.94. The Bertz CT molecular complexity index is 1050. The van der Waals surface area contributed by atoms with E-state index in [1.165, 1.54) is 12.1 Å². The molecule has 27 heavy (non-hydrogen) atoms. The largest absolute Gasteiger partial charge is 0.477 e. The number of carboxylic acids is 1. The van der Waals surface area contributed by atoms with Gasteiger partial charge in [-0.15, -0.1) is 0 Å². The number of aromatic amines is 2. The molecule has 8 heteroatoms. The van der Waals surface area contributed by atoms with Gasteiger partial charge in [0.25, 0.3) is 5.56 Å². The Labute approximate surface area is 153 Å². The zero-order valence-corrected chi connectivity index (χ0v) is 14.5. The number of pyridine rings is 2. The zero-order chi connectivity index (χ0) is 19.6. The van der Waals surface area contributed by atoms with E-state index in [-0.39, 0.29) is 22.7 Å². The molecule has 0 aliphatic heterocycles. The van der Waals surface area contributed by atoms with Crippen LogP contribution in [0, 0.1) is 0 Å². The summed E-state index contributed by atoms with van der Waals surface area (Å²) in [6.45, 7) is 0. The van der Waals surface area contributed by atoms with Crippen molar-refractivity contribution in [3.05, 3.63) is 67.0 Å². The smallest absolute Gasteiger partial charge is 0.341 e. The van der Waals surface area contributed by atoms with Gasteiger partial charge in [0.05, 0.1) is 0 Å². The number of carbonyl (C=O) groups is 3. The average molecular weight is 370 g/mol. The maximum Gasteiger partial charge on any atom is 0.341 e. The Morgan fingerprint density at radius 1 is 0.815 bits per heavy atom. The lowest BCUT2D eigenvalue weighted by Gasteiger charge is -2.13. The van der Waals surface area contributed by atoms with Gasteiger partial charge in [-0.2, -0.15) is 0 Å². The molecule has 0 saturated carbocycles. The first-order valence-electron chi connectivity index (χ1n) is 8.65. The van der Waals surface area contributed by atoms with Gasteiger partial charge >= 0.3 is 5.97 Å². The van der Waals surface area contributed by atoms with Crippen molar-refractivity contribution < 1.29 is 19.5 Å². The number of carboxylic acid groups (broad SMARTS) is 1. The fourth-order valence-corrected chi connectivity index (χ4v) is 3.27. The highest BCUT2D eigenvalue weighted by Gasteiger charge is 2.21. The quantitative estimate of drug-likeness (QED) is 0.695. The number of Topliss-reactive ketones (excluding diaryl/α,β-unsaturated/α-hetero) is 2. The summed E-state index contributed by atoms with van der Waals surface area (Å²) in [6, 6.07) is 4.20. The third-order valence-corrected chi connectivity index (χ3v) is 4.62. The number of aryl methyl sites for hydroxylation is 2. The number of rotatable bonds is 1. The summed E-state index contributed by atoms with van der Waals surface area (Å²) >= 11 is 0. The first-order chi connectivity index (χ1) is 12.9. The first-order valence-corrected chi connectivity index (χ1v) is 8.65. The lowest BCUT2D eigenvalue weighted by molar-refractivity contribution is 0.0694. The van der Waals surface area contributed by atoms with Crippen LogP contribution in [0.4, 0.5) is 0 Å². The summed E-state index contributed by atoms with van der Waals surface area (Å²) in [6.07, 6.45) is 4.02. The van der Waals surface area contributed by atoms with Gasteiger partial charge in [-0.05, 0) is 37.8 Å². The van der Waals surface area contributed by atoms with Crippen molar-refractivity contribution in [1.29, 1.82) is 0 Å². The molecule has 2 aromatic rings. The van der Waals surface area contributed by atoms with E-state index >= 15 is 0 Å². The molecule has 0 amide bonds. The highest BCUT2D eigenvalue weighted by molar-refractivity contribution is 6.00. The van der Waals surface area contributed by atoms with Crippen LogP contribution < -0.4 is 11.1 Å². The van der Waals surface area contributed by atoms with Crippen LogP contribution in [0.25, 0.3) is 0 Å². The van der Waals surface area contributed by atoms with E-state index in [9.17, 15) is 24.0 Å². The highest BCUT2D eigenvalue weighted by Crippen LogP contribution is 2.19. The molecular weight excluding hydrogens is 352 g/mol. The monoisotopic (exact) mass is 370 g/mol. The normalized spacial score (nSPS) is 15.3. The van der Waals surface area contributed by atoms with Crippen molar-refractivity contribution in [2.75, 3.05) is 0 Å². The average Bonchev–Trinajstić information content (AvgIpc) is 2.62. The molecular formula is C19H18N2O6. The summed E-state index contributed by atoms with van der Waals surface area (Å²) in [4.78, 5) is 60.7. The van der Waals surface area contributed by atoms with Gasteiger partial charge in [-0.25, -0.2) is 4.79 Å². The fraction of sp³-hybridized carbons (Fsp3) is 0.316. The van der Waals surface area contributed by atoms with Gasteiger partial charge < -0.3 is 15.1 Å². The Kier molecular flexibility index (Phi) is 5.16. The third-order valence-electron chi connectivity index (χ3n) is 4.62.